The third-order valence-electron chi connectivity index (χ3n) is 8.48. The molecule has 12 nitrogen and oxygen atoms in total. The topological polar surface area (TPSA) is 135 Å². The molecule has 0 saturated carbocycles. The predicted molar refractivity (Wildman–Crippen MR) is 208 cm³/mol. The van der Waals surface area contributed by atoms with Gasteiger partial charge in [-0.2, -0.15) is 23.5 Å². The third kappa shape index (κ3) is 10.8. The lowest BCUT2D eigenvalue weighted by Gasteiger charge is -2.27. The molecule has 0 atom stereocenters. The van der Waals surface area contributed by atoms with Crippen LogP contribution in [0.25, 0.3) is 10.8 Å². The van der Waals surface area contributed by atoms with Crippen LogP contribution in [0.5, 0.6) is 0 Å². The summed E-state index contributed by atoms with van der Waals surface area (Å²) in [6.07, 6.45) is 2.59. The lowest BCUT2D eigenvalue weighted by atomic mass is 9.93. The number of aromatic nitrogens is 2. The van der Waals surface area contributed by atoms with Gasteiger partial charge in [-0.05, 0) is 54.0 Å². The van der Waals surface area contributed by atoms with E-state index in [2.05, 4.69) is 34.4 Å². The van der Waals surface area contributed by atoms with E-state index in [1.54, 1.807) is 30.5 Å². The summed E-state index contributed by atoms with van der Waals surface area (Å²) >= 11 is 3.81. The Labute approximate surface area is 317 Å². The van der Waals surface area contributed by atoms with E-state index >= 15 is 0 Å². The van der Waals surface area contributed by atoms with Gasteiger partial charge in [0.1, 0.15) is 18.8 Å². The van der Waals surface area contributed by atoms with Crippen LogP contribution in [0.15, 0.2) is 67.1 Å². The summed E-state index contributed by atoms with van der Waals surface area (Å²) in [5.41, 5.74) is 2.68. The van der Waals surface area contributed by atoms with E-state index in [0.29, 0.717) is 52.8 Å². The number of nitrogens with one attached hydrogen (secondary N) is 2. The molecule has 1 aliphatic rings. The maximum atomic E-state index is 13.5. The van der Waals surface area contributed by atoms with Crippen LogP contribution in [-0.4, -0.2) is 119 Å². The summed E-state index contributed by atoms with van der Waals surface area (Å²) in [5, 5.41) is 7.33. The minimum atomic E-state index is -0.559. The standard InChI is InChI=1S/C38H45FN6O6S2/c1-3-52-22-17-43(18-23-53-4-2)24-29-25-44(26-42-29)38(49)51-21-20-50-19-16-45-36(47)31-7-5-6-30-33(13-12-32(34(30)31)37(45)48)40-14-15-41-35(46)27-8-10-28(39)11-9-27/h5-13,25-26,40H,3-4,14-24H2,1-2H3,(H,41,46). The highest BCUT2D eigenvalue weighted by atomic mass is 32.2. The monoisotopic (exact) mass is 764 g/mol. The van der Waals surface area contributed by atoms with Crippen LogP contribution in [-0.2, 0) is 16.0 Å². The fourth-order valence-corrected chi connectivity index (χ4v) is 7.17. The van der Waals surface area contributed by atoms with Gasteiger partial charge in [-0.25, -0.2) is 18.7 Å². The number of carbonyl (C=O) groups is 4. The van der Waals surface area contributed by atoms with Gasteiger partial charge < -0.3 is 20.1 Å². The lowest BCUT2D eigenvalue weighted by Crippen LogP contribution is -2.42. The molecular weight excluding hydrogens is 720 g/mol. The number of anilines is 1. The molecule has 2 N–H and O–H groups in total. The maximum Gasteiger partial charge on any atom is 0.419 e. The second kappa shape index (κ2) is 20.1. The van der Waals surface area contributed by atoms with Crippen molar-refractivity contribution in [3.8, 4) is 0 Å². The first-order valence-corrected chi connectivity index (χ1v) is 20.0. The maximum absolute atomic E-state index is 13.5. The molecule has 2 heterocycles. The number of hydrogen-bond acceptors (Lipinski definition) is 11. The van der Waals surface area contributed by atoms with E-state index in [1.165, 1.54) is 40.1 Å². The number of halogens is 1. The normalized spacial score (nSPS) is 12.5. The molecule has 0 spiro atoms. The number of rotatable bonds is 21. The van der Waals surface area contributed by atoms with Crippen LogP contribution < -0.4 is 10.6 Å². The number of imide groups is 1. The molecule has 282 valence electrons. The molecule has 0 bridgehead atoms. The van der Waals surface area contributed by atoms with Crippen molar-refractivity contribution in [2.45, 2.75) is 20.4 Å². The average molecular weight is 765 g/mol. The molecule has 0 aliphatic carbocycles. The number of amides is 3. The molecule has 5 rings (SSSR count). The summed E-state index contributed by atoms with van der Waals surface area (Å²) in [6, 6.07) is 14.0. The number of thioether (sulfide) groups is 2. The second-order valence-corrected chi connectivity index (χ2v) is 14.8. The van der Waals surface area contributed by atoms with Gasteiger partial charge in [0.2, 0.25) is 0 Å². The Morgan fingerprint density at radius 2 is 1.60 bits per heavy atom. The van der Waals surface area contributed by atoms with Crippen LogP contribution >= 0.6 is 23.5 Å². The zero-order chi connectivity index (χ0) is 37.6. The summed E-state index contributed by atoms with van der Waals surface area (Å²) in [5.74, 6) is 2.68. The molecule has 0 unspecified atom stereocenters. The largest absolute Gasteiger partial charge is 0.446 e. The molecule has 1 aliphatic heterocycles. The lowest BCUT2D eigenvalue weighted by molar-refractivity contribution is 0.0451. The highest BCUT2D eigenvalue weighted by Gasteiger charge is 2.33. The first-order chi connectivity index (χ1) is 25.8. The molecule has 0 saturated heterocycles. The summed E-state index contributed by atoms with van der Waals surface area (Å²) in [4.78, 5) is 59.8. The first-order valence-electron chi connectivity index (χ1n) is 17.7. The van der Waals surface area contributed by atoms with Gasteiger partial charge in [-0.1, -0.05) is 26.0 Å². The van der Waals surface area contributed by atoms with Crippen molar-refractivity contribution in [3.05, 3.63) is 95.3 Å². The fraction of sp³-hybridized carbons (Fsp3) is 0.395. The van der Waals surface area contributed by atoms with Crippen molar-refractivity contribution in [1.82, 2.24) is 24.7 Å². The van der Waals surface area contributed by atoms with Crippen molar-refractivity contribution < 1.29 is 33.0 Å². The highest BCUT2D eigenvalue weighted by molar-refractivity contribution is 7.99. The second-order valence-electron chi connectivity index (χ2n) is 12.0. The molecule has 0 radical (unpaired) electrons. The number of carbonyl (C=O) groups excluding carboxylic acids is 4. The minimum Gasteiger partial charge on any atom is -0.446 e. The zero-order valence-electron chi connectivity index (χ0n) is 30.0. The number of benzene rings is 3. The van der Waals surface area contributed by atoms with Crippen molar-refractivity contribution in [1.29, 1.82) is 0 Å². The van der Waals surface area contributed by atoms with E-state index in [-0.39, 0.29) is 32.3 Å². The van der Waals surface area contributed by atoms with Crippen LogP contribution in [0, 0.1) is 5.82 Å². The van der Waals surface area contributed by atoms with Crippen LogP contribution in [0.4, 0.5) is 14.9 Å². The van der Waals surface area contributed by atoms with E-state index in [9.17, 15) is 23.6 Å². The Kier molecular flexibility index (Phi) is 15.1. The van der Waals surface area contributed by atoms with Crippen molar-refractivity contribution in [3.63, 3.8) is 0 Å². The Balaban J connectivity index is 1.06. The Hall–Kier alpha value is -4.44. The highest BCUT2D eigenvalue weighted by Crippen LogP contribution is 2.34. The molecule has 3 aromatic carbocycles. The number of imidazole rings is 1. The number of hydrogen-bond donors (Lipinski definition) is 2. The molecule has 15 heteroatoms. The quantitative estimate of drug-likeness (QED) is 0.0809. The van der Waals surface area contributed by atoms with Gasteiger partial charge in [0, 0.05) is 83.6 Å². The SMILES string of the molecule is CCSCCN(CCSCC)Cc1cn(C(=O)OCCOCCN2C(=O)c3cccc4c(NCCNC(=O)c5ccc(F)cc5)ccc(c34)C2=O)cn1. The van der Waals surface area contributed by atoms with Gasteiger partial charge in [0.05, 0.1) is 25.5 Å². The molecule has 0 fully saturated rings. The summed E-state index contributed by atoms with van der Waals surface area (Å²) in [6.45, 7) is 7.74. The zero-order valence-corrected chi connectivity index (χ0v) is 31.6. The average Bonchev–Trinajstić information content (AvgIpc) is 3.64. The van der Waals surface area contributed by atoms with Crippen molar-refractivity contribution in [2.24, 2.45) is 0 Å². The van der Waals surface area contributed by atoms with E-state index < -0.39 is 23.7 Å². The van der Waals surface area contributed by atoms with Gasteiger partial charge in [0.15, 0.2) is 0 Å². The Bertz CT molecular complexity index is 1840. The van der Waals surface area contributed by atoms with Crippen molar-refractivity contribution in [2.75, 3.05) is 80.9 Å². The van der Waals surface area contributed by atoms with Crippen LogP contribution in [0.2, 0.25) is 0 Å². The number of ether oxygens (including phenoxy) is 2. The molecule has 4 aromatic rings. The van der Waals surface area contributed by atoms with Gasteiger partial charge in [-0.3, -0.25) is 24.2 Å². The van der Waals surface area contributed by atoms with Crippen molar-refractivity contribution >= 4 is 63.8 Å². The third-order valence-corrected chi connectivity index (χ3v) is 10.2. The molecular formula is C38H45FN6O6S2. The van der Waals surface area contributed by atoms with E-state index in [4.69, 9.17) is 9.47 Å². The smallest absolute Gasteiger partial charge is 0.419 e. The van der Waals surface area contributed by atoms with E-state index in [1.807, 2.05) is 29.6 Å². The molecule has 3 amide bonds. The van der Waals surface area contributed by atoms with Crippen LogP contribution in [0.3, 0.4) is 0 Å². The fourth-order valence-electron chi connectivity index (χ4n) is 5.82. The Morgan fingerprint density at radius 3 is 2.32 bits per heavy atom. The first kappa shape index (κ1) is 39.8. The Morgan fingerprint density at radius 1 is 0.887 bits per heavy atom. The van der Waals surface area contributed by atoms with Gasteiger partial charge in [-0.15, -0.1) is 0 Å². The van der Waals surface area contributed by atoms with Gasteiger partial charge in [0.25, 0.3) is 17.7 Å². The minimum absolute atomic E-state index is 0.00329. The summed E-state index contributed by atoms with van der Waals surface area (Å²) < 4.78 is 25.5. The van der Waals surface area contributed by atoms with E-state index in [0.717, 1.165) is 41.8 Å². The number of nitrogens with zero attached hydrogens (tertiary/aromatic N) is 4. The molecule has 53 heavy (non-hydrogen) atoms. The predicted octanol–water partition coefficient (Wildman–Crippen LogP) is 5.62. The molecule has 1 aromatic heterocycles. The van der Waals surface area contributed by atoms with Gasteiger partial charge >= 0.3 is 6.09 Å². The van der Waals surface area contributed by atoms with Crippen LogP contribution in [0.1, 0.15) is 50.6 Å². The summed E-state index contributed by atoms with van der Waals surface area (Å²) in [7, 11) is 0.